The molecule has 12 aromatic rings. The van der Waals surface area contributed by atoms with Gasteiger partial charge in [0.15, 0.2) is 11.2 Å². The highest BCUT2D eigenvalue weighted by Gasteiger charge is 2.26. The Hall–Kier alpha value is -8.60. The molecule has 4 nitrogen and oxygen atoms in total. The minimum Gasteiger partial charge on any atom is -0.454 e. The van der Waals surface area contributed by atoms with Crippen LogP contribution in [-0.2, 0) is 0 Å². The van der Waals surface area contributed by atoms with Crippen LogP contribution < -0.4 is 9.80 Å². The van der Waals surface area contributed by atoms with Crippen LogP contribution in [0.25, 0.3) is 77.3 Å². The van der Waals surface area contributed by atoms with E-state index in [4.69, 9.17) is 8.83 Å². The monoisotopic (exact) mass is 820 g/mol. The molecule has 0 bridgehead atoms. The normalized spacial score (nSPS) is 11.4. The maximum absolute atomic E-state index is 6.79. The van der Waals surface area contributed by atoms with Gasteiger partial charge in [0.2, 0.25) is 0 Å². The summed E-state index contributed by atoms with van der Waals surface area (Å²) in [6.45, 7) is 0. The van der Waals surface area contributed by atoms with Crippen LogP contribution in [0.15, 0.2) is 251 Å². The molecule has 0 radical (unpaired) electrons. The summed E-state index contributed by atoms with van der Waals surface area (Å²) in [5, 5.41) is 4.33. The maximum atomic E-state index is 6.79. The van der Waals surface area contributed by atoms with Crippen LogP contribution in [0.4, 0.5) is 34.1 Å². The molecule has 2 heterocycles. The summed E-state index contributed by atoms with van der Waals surface area (Å²) in [5.41, 5.74) is 16.0. The van der Waals surface area contributed by atoms with Crippen molar-refractivity contribution in [3.63, 3.8) is 0 Å². The van der Waals surface area contributed by atoms with Gasteiger partial charge >= 0.3 is 0 Å². The first kappa shape index (κ1) is 37.2. The molecule has 0 aliphatic rings. The van der Waals surface area contributed by atoms with Gasteiger partial charge in [0.25, 0.3) is 0 Å². The molecule has 10 aromatic carbocycles. The minimum atomic E-state index is 0.831. The van der Waals surface area contributed by atoms with Gasteiger partial charge in [-0.2, -0.15) is 0 Å². The highest BCUT2D eigenvalue weighted by Crippen LogP contribution is 2.50. The zero-order valence-electron chi connectivity index (χ0n) is 34.8. The number of hydrogen-bond donors (Lipinski definition) is 0. The smallest absolute Gasteiger partial charge is 0.159 e. The molecule has 0 atom stereocenters. The van der Waals surface area contributed by atoms with Crippen molar-refractivity contribution in [2.45, 2.75) is 0 Å². The van der Waals surface area contributed by atoms with Gasteiger partial charge in [-0.25, -0.2) is 0 Å². The van der Waals surface area contributed by atoms with E-state index in [9.17, 15) is 0 Å². The predicted octanol–water partition coefficient (Wildman–Crippen LogP) is 17.4. The number of para-hydroxylation sites is 7. The van der Waals surface area contributed by atoms with Crippen molar-refractivity contribution in [2.24, 2.45) is 0 Å². The van der Waals surface area contributed by atoms with Crippen LogP contribution in [0.5, 0.6) is 0 Å². The molecular formula is C60H40N2O2. The topological polar surface area (TPSA) is 32.8 Å². The van der Waals surface area contributed by atoms with Crippen LogP contribution in [0.2, 0.25) is 0 Å². The van der Waals surface area contributed by atoms with E-state index in [0.717, 1.165) is 111 Å². The lowest BCUT2D eigenvalue weighted by Gasteiger charge is -2.30. The number of fused-ring (bicyclic) bond motifs is 6. The van der Waals surface area contributed by atoms with Gasteiger partial charge in [-0.3, -0.25) is 0 Å². The minimum absolute atomic E-state index is 0.831. The Morgan fingerprint density at radius 3 is 1.14 bits per heavy atom. The van der Waals surface area contributed by atoms with Crippen molar-refractivity contribution < 1.29 is 8.83 Å². The maximum Gasteiger partial charge on any atom is 0.159 e. The molecule has 2 aromatic heterocycles. The number of nitrogens with zero attached hydrogens (tertiary/aromatic N) is 2. The fourth-order valence-corrected chi connectivity index (χ4v) is 9.40. The van der Waals surface area contributed by atoms with E-state index in [1.54, 1.807) is 0 Å². The molecule has 0 aliphatic heterocycles. The predicted molar refractivity (Wildman–Crippen MR) is 267 cm³/mol. The molecule has 4 heteroatoms. The van der Waals surface area contributed by atoms with Crippen molar-refractivity contribution in [2.75, 3.05) is 9.80 Å². The Bertz CT molecular complexity index is 3640. The highest BCUT2D eigenvalue weighted by molar-refractivity contribution is 6.12. The summed E-state index contributed by atoms with van der Waals surface area (Å²) in [6.07, 6.45) is 0. The van der Waals surface area contributed by atoms with Gasteiger partial charge in [0, 0.05) is 43.9 Å². The zero-order chi connectivity index (χ0) is 42.4. The number of rotatable bonds is 9. The van der Waals surface area contributed by atoms with E-state index >= 15 is 0 Å². The SMILES string of the molecule is c1ccc(-c2ccccc2N(c2cccc(-c3ccccc3N(c3ccccc3-c3ccccc3)c3cccc4c3oc3ccccc34)c2)c2cccc3c2oc2ccccc23)cc1. The Labute approximate surface area is 371 Å². The first-order chi connectivity index (χ1) is 31.8. The fraction of sp³-hybridized carbons (Fsp3) is 0. The lowest BCUT2D eigenvalue weighted by atomic mass is 9.97. The van der Waals surface area contributed by atoms with E-state index in [1.165, 1.54) is 0 Å². The van der Waals surface area contributed by atoms with E-state index in [0.29, 0.717) is 0 Å². The third-order valence-electron chi connectivity index (χ3n) is 12.3. The standard InChI is InChI=1S/C60H40N2O2/c1-3-20-41(21-4-1)45-26-7-12-33-52(45)61(55-36-18-31-50-48-29-10-15-38-57(48)63-59(50)55)44-25-17-24-43(40-44)47-28-9-14-35-54(47)62(53-34-13-8-27-46(53)42-22-5-2-6-23-42)56-37-19-32-51-49-30-11-16-39-58(49)64-60(51)56/h1-40H. The second-order valence-corrected chi connectivity index (χ2v) is 16.0. The largest absolute Gasteiger partial charge is 0.454 e. The summed E-state index contributed by atoms with van der Waals surface area (Å²) < 4.78 is 13.6. The lowest BCUT2D eigenvalue weighted by Crippen LogP contribution is -2.13. The van der Waals surface area contributed by atoms with Crippen molar-refractivity contribution in [3.8, 4) is 33.4 Å². The molecule has 302 valence electrons. The average Bonchev–Trinajstić information content (AvgIpc) is 3.95. The van der Waals surface area contributed by atoms with Gasteiger partial charge in [-0.05, 0) is 71.3 Å². The van der Waals surface area contributed by atoms with Gasteiger partial charge in [-0.15, -0.1) is 0 Å². The van der Waals surface area contributed by atoms with Gasteiger partial charge in [-0.1, -0.05) is 188 Å². The molecule has 0 fully saturated rings. The van der Waals surface area contributed by atoms with Gasteiger partial charge < -0.3 is 18.6 Å². The molecule has 0 saturated heterocycles. The number of anilines is 6. The molecule has 0 unspecified atom stereocenters. The second-order valence-electron chi connectivity index (χ2n) is 16.0. The molecule has 0 spiro atoms. The molecule has 0 aliphatic carbocycles. The quantitative estimate of drug-likeness (QED) is 0.145. The Morgan fingerprint density at radius 1 is 0.250 bits per heavy atom. The molecular weight excluding hydrogens is 781 g/mol. The van der Waals surface area contributed by atoms with E-state index in [-0.39, 0.29) is 0 Å². The summed E-state index contributed by atoms with van der Waals surface area (Å²) in [6, 6.07) is 85.7. The summed E-state index contributed by atoms with van der Waals surface area (Å²) in [4.78, 5) is 4.74. The Morgan fingerprint density at radius 2 is 0.609 bits per heavy atom. The molecule has 0 N–H and O–H groups in total. The van der Waals surface area contributed by atoms with Crippen LogP contribution in [-0.4, -0.2) is 0 Å². The van der Waals surface area contributed by atoms with Crippen LogP contribution in [0, 0.1) is 0 Å². The molecule has 64 heavy (non-hydrogen) atoms. The number of furan rings is 2. The Balaban J connectivity index is 1.10. The molecule has 0 saturated carbocycles. The number of hydrogen-bond acceptors (Lipinski definition) is 4. The zero-order valence-corrected chi connectivity index (χ0v) is 34.8. The van der Waals surface area contributed by atoms with Crippen molar-refractivity contribution >= 4 is 78.0 Å². The number of benzene rings is 10. The summed E-state index contributed by atoms with van der Waals surface area (Å²) >= 11 is 0. The second kappa shape index (κ2) is 15.7. The van der Waals surface area contributed by atoms with Gasteiger partial charge in [0.05, 0.1) is 28.4 Å². The first-order valence-corrected chi connectivity index (χ1v) is 21.7. The van der Waals surface area contributed by atoms with Crippen molar-refractivity contribution in [3.05, 3.63) is 243 Å². The van der Waals surface area contributed by atoms with Crippen LogP contribution in [0.1, 0.15) is 0 Å². The summed E-state index contributed by atoms with van der Waals surface area (Å²) in [7, 11) is 0. The Kier molecular flexibility index (Phi) is 9.12. The van der Waals surface area contributed by atoms with Crippen molar-refractivity contribution in [1.82, 2.24) is 0 Å². The highest BCUT2D eigenvalue weighted by atomic mass is 16.3. The molecule has 12 rings (SSSR count). The lowest BCUT2D eigenvalue weighted by molar-refractivity contribution is 0.669. The summed E-state index contributed by atoms with van der Waals surface area (Å²) in [5.74, 6) is 0. The third-order valence-corrected chi connectivity index (χ3v) is 12.3. The molecule has 0 amide bonds. The van der Waals surface area contributed by atoms with Crippen LogP contribution >= 0.6 is 0 Å². The fourth-order valence-electron chi connectivity index (χ4n) is 9.40. The van der Waals surface area contributed by atoms with Crippen LogP contribution in [0.3, 0.4) is 0 Å². The van der Waals surface area contributed by atoms with Gasteiger partial charge in [0.1, 0.15) is 11.2 Å². The van der Waals surface area contributed by atoms with E-state index in [2.05, 4.69) is 228 Å². The van der Waals surface area contributed by atoms with E-state index in [1.807, 2.05) is 24.3 Å². The van der Waals surface area contributed by atoms with E-state index < -0.39 is 0 Å². The first-order valence-electron chi connectivity index (χ1n) is 21.7. The van der Waals surface area contributed by atoms with Crippen molar-refractivity contribution in [1.29, 1.82) is 0 Å². The average molecular weight is 821 g/mol. The third kappa shape index (κ3) is 6.31.